The van der Waals surface area contributed by atoms with Gasteiger partial charge in [-0.05, 0) is 25.5 Å². The molecule has 0 saturated heterocycles. The monoisotopic (exact) mass is 425 g/mol. The Morgan fingerprint density at radius 1 is 1.31 bits per heavy atom. The number of nitroso groups, excluding NO2 is 1. The van der Waals surface area contributed by atoms with Crippen LogP contribution in [0.3, 0.4) is 0 Å². The van der Waals surface area contributed by atoms with Crippen molar-refractivity contribution in [2.24, 2.45) is 5.29 Å². The normalized spacial score (nSPS) is 12.5. The van der Waals surface area contributed by atoms with Crippen molar-refractivity contribution in [3.05, 3.63) is 39.8 Å². The highest BCUT2D eigenvalue weighted by Gasteiger charge is 2.43. The number of urea groups is 1. The number of carbonyl (C=O) groups excluding carboxylic acids is 1. The second-order valence-electron chi connectivity index (χ2n) is 5.00. The zero-order valence-electron chi connectivity index (χ0n) is 14.6. The van der Waals surface area contributed by atoms with E-state index in [4.69, 9.17) is 32.2 Å². The molecule has 0 fully saturated rings. The summed E-state index contributed by atoms with van der Waals surface area (Å²) in [6.45, 7) is 3.49. The second-order valence-corrected chi connectivity index (χ2v) is 7.98. The standard InChI is InChI=1S/C15H22Cl2N3O5P/c1-3-24-26(23,25-4-2)14(11-12-7-5-6-8-13(12)17)20(19-22)15(21)18-10-9-16/h5-8,14H,3-4,9-11H2,1-2H3,(H,18,21). The Morgan fingerprint density at radius 3 is 2.42 bits per heavy atom. The molecule has 0 aromatic heterocycles. The molecule has 2 amide bonds. The van der Waals surface area contributed by atoms with Crippen molar-refractivity contribution in [1.82, 2.24) is 10.3 Å². The summed E-state index contributed by atoms with van der Waals surface area (Å²) in [5, 5.41) is 6.09. The van der Waals surface area contributed by atoms with Crippen LogP contribution in [0.5, 0.6) is 0 Å². The van der Waals surface area contributed by atoms with E-state index in [1.165, 1.54) is 0 Å². The van der Waals surface area contributed by atoms with E-state index < -0.39 is 19.4 Å². The average Bonchev–Trinajstić information content (AvgIpc) is 2.61. The van der Waals surface area contributed by atoms with E-state index in [1.807, 2.05) is 0 Å². The summed E-state index contributed by atoms with van der Waals surface area (Å²) >= 11 is 11.7. The lowest BCUT2D eigenvalue weighted by atomic mass is 10.1. The molecule has 0 bridgehead atoms. The van der Waals surface area contributed by atoms with Crippen molar-refractivity contribution in [2.45, 2.75) is 26.1 Å². The van der Waals surface area contributed by atoms with Gasteiger partial charge in [0.25, 0.3) is 0 Å². The lowest BCUT2D eigenvalue weighted by Crippen LogP contribution is -2.44. The summed E-state index contributed by atoms with van der Waals surface area (Å²) in [6, 6.07) is 5.95. The molecular formula is C15H22Cl2N3O5P. The number of nitrogens with zero attached hydrogens (tertiary/aromatic N) is 2. The minimum Gasteiger partial charge on any atom is -0.335 e. The predicted octanol–water partition coefficient (Wildman–Crippen LogP) is 4.41. The molecule has 146 valence electrons. The van der Waals surface area contributed by atoms with Crippen molar-refractivity contribution < 1.29 is 18.4 Å². The van der Waals surface area contributed by atoms with E-state index in [-0.39, 0.29) is 32.1 Å². The number of alkyl halides is 1. The van der Waals surface area contributed by atoms with Crippen LogP contribution in [0.1, 0.15) is 19.4 Å². The van der Waals surface area contributed by atoms with Crippen LogP contribution in [-0.2, 0) is 20.0 Å². The van der Waals surface area contributed by atoms with Gasteiger partial charge in [0.15, 0.2) is 5.78 Å². The molecule has 1 aromatic carbocycles. The fraction of sp³-hybridized carbons (Fsp3) is 0.533. The van der Waals surface area contributed by atoms with Gasteiger partial charge in [0.1, 0.15) is 0 Å². The summed E-state index contributed by atoms with van der Waals surface area (Å²) in [7, 11) is -3.89. The summed E-state index contributed by atoms with van der Waals surface area (Å²) < 4.78 is 23.9. The maximum absolute atomic E-state index is 13.3. The van der Waals surface area contributed by atoms with Crippen LogP contribution in [0, 0.1) is 4.91 Å². The Bertz CT molecular complexity index is 639. The van der Waals surface area contributed by atoms with Crippen molar-refractivity contribution >= 4 is 36.8 Å². The van der Waals surface area contributed by atoms with E-state index in [0.29, 0.717) is 15.6 Å². The summed E-state index contributed by atoms with van der Waals surface area (Å²) in [5.74, 6) is -1.14. The van der Waals surface area contributed by atoms with Gasteiger partial charge in [-0.15, -0.1) is 16.5 Å². The number of amides is 2. The molecular weight excluding hydrogens is 404 g/mol. The van der Waals surface area contributed by atoms with Gasteiger partial charge in [-0.3, -0.25) is 4.57 Å². The molecule has 0 heterocycles. The van der Waals surface area contributed by atoms with Crippen LogP contribution in [0.25, 0.3) is 0 Å². The number of rotatable bonds is 11. The van der Waals surface area contributed by atoms with Crippen LogP contribution >= 0.6 is 30.8 Å². The third-order valence-corrected chi connectivity index (χ3v) is 6.22. The van der Waals surface area contributed by atoms with E-state index in [9.17, 15) is 14.3 Å². The maximum atomic E-state index is 13.3. The van der Waals surface area contributed by atoms with Crippen molar-refractivity contribution in [2.75, 3.05) is 25.6 Å². The Hall–Kier alpha value is -1.18. The molecule has 0 aliphatic heterocycles. The van der Waals surface area contributed by atoms with E-state index >= 15 is 0 Å². The highest BCUT2D eigenvalue weighted by atomic mass is 35.5. The SMILES string of the molecule is CCOP(=O)(OCC)C(Cc1ccccc1Cl)N(N=O)C(=O)NCCCl. The number of carbonyl (C=O) groups is 1. The molecule has 8 nitrogen and oxygen atoms in total. The zero-order valence-corrected chi connectivity index (χ0v) is 17.0. The van der Waals surface area contributed by atoms with Gasteiger partial charge in [0.2, 0.25) is 0 Å². The van der Waals surface area contributed by atoms with Crippen LogP contribution in [0.2, 0.25) is 5.02 Å². The zero-order chi connectivity index (χ0) is 19.6. The van der Waals surface area contributed by atoms with Gasteiger partial charge in [-0.1, -0.05) is 29.8 Å². The molecule has 0 spiro atoms. The molecule has 1 rings (SSSR count). The van der Waals surface area contributed by atoms with Crippen LogP contribution in [-0.4, -0.2) is 42.5 Å². The van der Waals surface area contributed by atoms with Gasteiger partial charge in [0.05, 0.1) is 18.5 Å². The Morgan fingerprint density at radius 2 is 1.92 bits per heavy atom. The van der Waals surface area contributed by atoms with Crippen molar-refractivity contribution in [3.63, 3.8) is 0 Å². The fourth-order valence-corrected chi connectivity index (χ4v) is 4.51. The summed E-state index contributed by atoms with van der Waals surface area (Å²) in [4.78, 5) is 23.7. The lowest BCUT2D eigenvalue weighted by Gasteiger charge is -2.30. The van der Waals surface area contributed by atoms with Crippen LogP contribution < -0.4 is 5.32 Å². The van der Waals surface area contributed by atoms with E-state index in [0.717, 1.165) is 0 Å². The Kier molecular flexibility index (Phi) is 10.1. The molecule has 0 aliphatic carbocycles. The van der Waals surface area contributed by atoms with Crippen molar-refractivity contribution in [3.8, 4) is 0 Å². The molecule has 0 saturated carbocycles. The first-order valence-electron chi connectivity index (χ1n) is 8.01. The minimum atomic E-state index is -3.89. The Balaban J connectivity index is 3.30. The predicted molar refractivity (Wildman–Crippen MR) is 102 cm³/mol. The fourth-order valence-electron chi connectivity index (χ4n) is 2.22. The molecule has 1 N–H and O–H groups in total. The Labute approximate surface area is 162 Å². The first-order chi connectivity index (χ1) is 12.4. The van der Waals surface area contributed by atoms with Gasteiger partial charge in [0, 0.05) is 23.9 Å². The number of halogens is 2. The number of benzene rings is 1. The third kappa shape index (κ3) is 6.21. The van der Waals surface area contributed by atoms with Crippen LogP contribution in [0.15, 0.2) is 29.6 Å². The minimum absolute atomic E-state index is 0.0447. The highest BCUT2D eigenvalue weighted by Crippen LogP contribution is 2.55. The molecule has 26 heavy (non-hydrogen) atoms. The van der Waals surface area contributed by atoms with Gasteiger partial charge < -0.3 is 14.4 Å². The highest BCUT2D eigenvalue weighted by molar-refractivity contribution is 7.54. The third-order valence-electron chi connectivity index (χ3n) is 3.29. The molecule has 1 atom stereocenters. The number of hydrogen-bond acceptors (Lipinski definition) is 6. The first-order valence-corrected chi connectivity index (χ1v) is 10.5. The van der Waals surface area contributed by atoms with E-state index in [2.05, 4.69) is 10.6 Å². The smallest absolute Gasteiger partial charge is 0.335 e. The topological polar surface area (TPSA) is 97.3 Å². The lowest BCUT2D eigenvalue weighted by molar-refractivity contribution is 0.160. The quantitative estimate of drug-likeness (QED) is 0.245. The number of nitrogens with one attached hydrogen (secondary N) is 1. The molecule has 11 heteroatoms. The molecule has 0 radical (unpaired) electrons. The van der Waals surface area contributed by atoms with Gasteiger partial charge in [-0.2, -0.15) is 5.01 Å². The molecule has 0 aliphatic rings. The average molecular weight is 426 g/mol. The first kappa shape index (κ1) is 22.9. The van der Waals surface area contributed by atoms with Gasteiger partial charge >= 0.3 is 13.6 Å². The number of hydrogen-bond donors (Lipinski definition) is 1. The van der Waals surface area contributed by atoms with E-state index in [1.54, 1.807) is 38.1 Å². The van der Waals surface area contributed by atoms with Gasteiger partial charge in [-0.25, -0.2) is 4.79 Å². The summed E-state index contributed by atoms with van der Waals surface area (Å²) in [6.07, 6.45) is -0.0447. The molecule has 1 unspecified atom stereocenters. The molecule has 1 aromatic rings. The van der Waals surface area contributed by atoms with Crippen LogP contribution in [0.4, 0.5) is 4.79 Å². The maximum Gasteiger partial charge on any atom is 0.355 e. The summed E-state index contributed by atoms with van der Waals surface area (Å²) in [5.41, 5.74) is 0.567. The second kappa shape index (κ2) is 11.5. The van der Waals surface area contributed by atoms with Crippen molar-refractivity contribution in [1.29, 1.82) is 0 Å². The largest absolute Gasteiger partial charge is 0.355 e.